The maximum Gasteiger partial charge on any atom is 0.227 e. The van der Waals surface area contributed by atoms with Gasteiger partial charge in [-0.3, -0.25) is 4.79 Å². The van der Waals surface area contributed by atoms with Crippen LogP contribution in [-0.2, 0) is 20.4 Å². The highest BCUT2D eigenvalue weighted by Gasteiger charge is 2.27. The molecule has 0 radical (unpaired) electrons. The highest BCUT2D eigenvalue weighted by molar-refractivity contribution is 7.91. The number of nitrogens with one attached hydrogen (secondary N) is 1. The SMILES string of the molecule is CC(C)S(=O)(=O)Cc1cccc(NC(=O)C2CCC(N)C2)c1.Cl. The molecule has 7 heteroatoms. The second-order valence-corrected chi connectivity index (χ2v) is 8.87. The molecule has 2 unspecified atom stereocenters. The van der Waals surface area contributed by atoms with Gasteiger partial charge in [0.25, 0.3) is 0 Å². The van der Waals surface area contributed by atoms with Gasteiger partial charge in [-0.15, -0.1) is 12.4 Å². The minimum atomic E-state index is -3.15. The Kier molecular flexibility index (Phi) is 7.04. The Morgan fingerprint density at radius 1 is 1.35 bits per heavy atom. The number of hydrogen-bond acceptors (Lipinski definition) is 4. The molecule has 0 heterocycles. The summed E-state index contributed by atoms with van der Waals surface area (Å²) in [5, 5.41) is 2.46. The molecule has 1 aliphatic carbocycles. The van der Waals surface area contributed by atoms with Gasteiger partial charge >= 0.3 is 0 Å². The Morgan fingerprint density at radius 3 is 2.61 bits per heavy atom. The Morgan fingerprint density at radius 2 is 2.04 bits per heavy atom. The van der Waals surface area contributed by atoms with Crippen LogP contribution in [0.3, 0.4) is 0 Å². The van der Waals surface area contributed by atoms with E-state index in [1.807, 2.05) is 0 Å². The number of anilines is 1. The number of amides is 1. The predicted octanol–water partition coefficient (Wildman–Crippen LogP) is 2.50. The predicted molar refractivity (Wildman–Crippen MR) is 95.4 cm³/mol. The van der Waals surface area contributed by atoms with Gasteiger partial charge in [-0.1, -0.05) is 12.1 Å². The van der Waals surface area contributed by atoms with Gasteiger partial charge in [0.2, 0.25) is 5.91 Å². The number of nitrogens with two attached hydrogens (primary N) is 1. The summed E-state index contributed by atoms with van der Waals surface area (Å²) in [5.74, 6) is -0.0854. The highest BCUT2D eigenvalue weighted by Crippen LogP contribution is 2.25. The van der Waals surface area contributed by atoms with Crippen LogP contribution < -0.4 is 11.1 Å². The van der Waals surface area contributed by atoms with Crippen LogP contribution in [0.15, 0.2) is 24.3 Å². The van der Waals surface area contributed by atoms with Crippen molar-refractivity contribution in [2.45, 2.75) is 50.2 Å². The summed E-state index contributed by atoms with van der Waals surface area (Å²) in [6.07, 6.45) is 2.41. The van der Waals surface area contributed by atoms with Gasteiger partial charge in [-0.25, -0.2) is 8.42 Å². The molecule has 1 saturated carbocycles. The van der Waals surface area contributed by atoms with Crippen LogP contribution in [0.4, 0.5) is 5.69 Å². The lowest BCUT2D eigenvalue weighted by molar-refractivity contribution is -0.119. The largest absolute Gasteiger partial charge is 0.328 e. The molecule has 0 saturated heterocycles. The van der Waals surface area contributed by atoms with E-state index in [9.17, 15) is 13.2 Å². The van der Waals surface area contributed by atoms with Crippen molar-refractivity contribution < 1.29 is 13.2 Å². The standard InChI is InChI=1S/C16H24N2O3S.ClH/c1-11(2)22(20,21)10-12-4-3-5-15(8-12)18-16(19)13-6-7-14(17)9-13;/h3-5,8,11,13-14H,6-7,9-10,17H2,1-2H3,(H,18,19);1H. The van der Waals surface area contributed by atoms with Crippen LogP contribution in [0.2, 0.25) is 0 Å². The molecular formula is C16H25ClN2O3S. The van der Waals surface area contributed by atoms with Crippen molar-refractivity contribution in [2.24, 2.45) is 11.7 Å². The monoisotopic (exact) mass is 360 g/mol. The number of sulfone groups is 1. The molecular weight excluding hydrogens is 336 g/mol. The van der Waals surface area contributed by atoms with Gasteiger partial charge in [-0.05, 0) is 50.8 Å². The van der Waals surface area contributed by atoms with Crippen LogP contribution in [0.5, 0.6) is 0 Å². The average Bonchev–Trinajstić information content (AvgIpc) is 2.85. The van der Waals surface area contributed by atoms with Crippen molar-refractivity contribution in [3.8, 4) is 0 Å². The molecule has 3 N–H and O–H groups in total. The molecule has 2 rings (SSSR count). The summed E-state index contributed by atoms with van der Waals surface area (Å²) >= 11 is 0. The molecule has 0 spiro atoms. The van der Waals surface area contributed by atoms with Crippen LogP contribution in [-0.4, -0.2) is 25.6 Å². The fraction of sp³-hybridized carbons (Fsp3) is 0.562. The van der Waals surface area contributed by atoms with Crippen molar-refractivity contribution in [2.75, 3.05) is 5.32 Å². The van der Waals surface area contributed by atoms with Crippen molar-refractivity contribution in [1.82, 2.24) is 0 Å². The summed E-state index contributed by atoms with van der Waals surface area (Å²) in [5.41, 5.74) is 7.16. The Balaban J connectivity index is 0.00000264. The Bertz CT molecular complexity index is 646. The molecule has 0 aromatic heterocycles. The molecule has 0 bridgehead atoms. The van der Waals surface area contributed by atoms with Crippen LogP contribution >= 0.6 is 12.4 Å². The van der Waals surface area contributed by atoms with Crippen molar-refractivity contribution in [3.63, 3.8) is 0 Å². The van der Waals surface area contributed by atoms with E-state index >= 15 is 0 Å². The topological polar surface area (TPSA) is 89.3 Å². The lowest BCUT2D eigenvalue weighted by Crippen LogP contribution is -2.23. The fourth-order valence-electron chi connectivity index (χ4n) is 2.64. The summed E-state index contributed by atoms with van der Waals surface area (Å²) < 4.78 is 24.0. The van der Waals surface area contributed by atoms with Crippen molar-refractivity contribution in [1.29, 1.82) is 0 Å². The molecule has 0 aliphatic heterocycles. The van der Waals surface area contributed by atoms with E-state index in [0.29, 0.717) is 17.7 Å². The molecule has 5 nitrogen and oxygen atoms in total. The van der Waals surface area contributed by atoms with E-state index in [2.05, 4.69) is 5.32 Å². The average molecular weight is 361 g/mol. The third-order valence-electron chi connectivity index (χ3n) is 4.12. The number of rotatable bonds is 5. The first-order valence-electron chi connectivity index (χ1n) is 7.65. The van der Waals surface area contributed by atoms with Crippen LogP contribution in [0.1, 0.15) is 38.7 Å². The smallest absolute Gasteiger partial charge is 0.227 e. The number of halogens is 1. The molecule has 130 valence electrons. The zero-order chi connectivity index (χ0) is 16.3. The third-order valence-corrected chi connectivity index (χ3v) is 6.30. The number of carbonyl (C=O) groups excluding carboxylic acids is 1. The zero-order valence-corrected chi connectivity index (χ0v) is 15.1. The maximum atomic E-state index is 12.2. The molecule has 1 aromatic rings. The molecule has 1 aromatic carbocycles. The minimum Gasteiger partial charge on any atom is -0.328 e. The normalized spacial score (nSPS) is 21.0. The minimum absolute atomic E-state index is 0. The van der Waals surface area contributed by atoms with E-state index in [4.69, 9.17) is 5.73 Å². The molecule has 23 heavy (non-hydrogen) atoms. The molecule has 1 fully saturated rings. The first-order valence-corrected chi connectivity index (χ1v) is 9.36. The lowest BCUT2D eigenvalue weighted by Gasteiger charge is -2.12. The fourth-order valence-corrected chi connectivity index (χ4v) is 3.61. The van der Waals surface area contributed by atoms with Crippen LogP contribution in [0, 0.1) is 5.92 Å². The van der Waals surface area contributed by atoms with E-state index in [1.54, 1.807) is 38.1 Å². The van der Waals surface area contributed by atoms with E-state index in [0.717, 1.165) is 12.8 Å². The van der Waals surface area contributed by atoms with Crippen molar-refractivity contribution in [3.05, 3.63) is 29.8 Å². The zero-order valence-electron chi connectivity index (χ0n) is 13.5. The number of benzene rings is 1. The second kappa shape index (κ2) is 8.13. The second-order valence-electron chi connectivity index (χ2n) is 6.32. The summed E-state index contributed by atoms with van der Waals surface area (Å²) in [6, 6.07) is 7.14. The lowest BCUT2D eigenvalue weighted by atomic mass is 10.1. The summed E-state index contributed by atoms with van der Waals surface area (Å²) in [6.45, 7) is 3.34. The van der Waals surface area contributed by atoms with Gasteiger partial charge < -0.3 is 11.1 Å². The van der Waals surface area contributed by atoms with Gasteiger partial charge in [0.15, 0.2) is 9.84 Å². The van der Waals surface area contributed by atoms with Crippen molar-refractivity contribution >= 4 is 33.8 Å². The van der Waals surface area contributed by atoms with E-state index in [1.165, 1.54) is 0 Å². The number of hydrogen-bond donors (Lipinski definition) is 2. The maximum absolute atomic E-state index is 12.2. The van der Waals surface area contributed by atoms with Gasteiger partial charge in [0.05, 0.1) is 11.0 Å². The molecule has 1 amide bonds. The first-order chi connectivity index (χ1) is 10.3. The van der Waals surface area contributed by atoms with Crippen LogP contribution in [0.25, 0.3) is 0 Å². The van der Waals surface area contributed by atoms with E-state index < -0.39 is 15.1 Å². The molecule has 1 aliphatic rings. The third kappa shape index (κ3) is 5.48. The number of carbonyl (C=O) groups is 1. The highest BCUT2D eigenvalue weighted by atomic mass is 35.5. The molecule has 2 atom stereocenters. The summed E-state index contributed by atoms with van der Waals surface area (Å²) in [7, 11) is -3.15. The van der Waals surface area contributed by atoms with Gasteiger partial charge in [0, 0.05) is 17.6 Å². The Hall–Kier alpha value is -1.11. The summed E-state index contributed by atoms with van der Waals surface area (Å²) in [4.78, 5) is 12.2. The first kappa shape index (κ1) is 19.9. The van der Waals surface area contributed by atoms with Gasteiger partial charge in [0.1, 0.15) is 0 Å². The van der Waals surface area contributed by atoms with E-state index in [-0.39, 0.29) is 36.0 Å². The van der Waals surface area contributed by atoms with Gasteiger partial charge in [-0.2, -0.15) is 0 Å². The quantitative estimate of drug-likeness (QED) is 0.844. The Labute approximate surface area is 144 Å².